The van der Waals surface area contributed by atoms with Crippen molar-refractivity contribution in [2.24, 2.45) is 5.92 Å². The quantitative estimate of drug-likeness (QED) is 0.784. The van der Waals surface area contributed by atoms with E-state index in [1.54, 1.807) is 0 Å². The first-order chi connectivity index (χ1) is 12.2. The summed E-state index contributed by atoms with van der Waals surface area (Å²) in [4.78, 5) is 12.5. The van der Waals surface area contributed by atoms with E-state index in [4.69, 9.17) is 9.47 Å². The molecule has 1 atom stereocenters. The second-order valence-corrected chi connectivity index (χ2v) is 8.54. The molecule has 2 N–H and O–H groups in total. The summed E-state index contributed by atoms with van der Waals surface area (Å²) < 4.78 is 11.9. The Balaban J connectivity index is 1.72. The molecule has 2 aliphatic heterocycles. The summed E-state index contributed by atoms with van der Waals surface area (Å²) in [6.07, 6.45) is 1.93. The average Bonchev–Trinajstić information content (AvgIpc) is 2.57. The van der Waals surface area contributed by atoms with E-state index < -0.39 is 0 Å². The molecule has 26 heavy (non-hydrogen) atoms. The molecule has 2 heterocycles. The molecule has 0 saturated carbocycles. The van der Waals surface area contributed by atoms with Crippen LogP contribution in [0.1, 0.15) is 47.0 Å². The number of carbonyl (C=O) groups excluding carboxylic acids is 1. The normalized spacial score (nSPS) is 25.1. The van der Waals surface area contributed by atoms with Gasteiger partial charge in [0.1, 0.15) is 5.78 Å². The first kappa shape index (κ1) is 18.9. The van der Waals surface area contributed by atoms with Crippen molar-refractivity contribution in [3.8, 4) is 0 Å². The summed E-state index contributed by atoms with van der Waals surface area (Å²) in [7, 11) is 0. The van der Waals surface area contributed by atoms with Crippen LogP contribution in [0.5, 0.6) is 0 Å². The van der Waals surface area contributed by atoms with Crippen LogP contribution in [0.4, 0.5) is 5.69 Å². The zero-order valence-electron chi connectivity index (χ0n) is 16.2. The number of carbonyl (C=O) groups is 1. The molecule has 1 aromatic rings. The fraction of sp³-hybridized carbons (Fsp3) is 0.571. The molecule has 1 saturated heterocycles. The van der Waals surface area contributed by atoms with Gasteiger partial charge in [-0.3, -0.25) is 4.79 Å². The zero-order valence-corrected chi connectivity index (χ0v) is 16.2. The SMILES string of the molecule is CC1(C)CC(=O)[C@@H](CC2=C(NNc3ccccc3)CC(C)(C)OC2)CO1. The molecule has 5 nitrogen and oxygen atoms in total. The number of rotatable bonds is 5. The van der Waals surface area contributed by atoms with Crippen molar-refractivity contribution in [1.29, 1.82) is 0 Å². The minimum atomic E-state index is -0.344. The number of ether oxygens (including phenoxy) is 2. The first-order valence-corrected chi connectivity index (χ1v) is 9.33. The third-order valence-corrected chi connectivity index (χ3v) is 5.02. The van der Waals surface area contributed by atoms with Crippen LogP contribution < -0.4 is 10.9 Å². The minimum absolute atomic E-state index is 0.0867. The third kappa shape index (κ3) is 4.86. The molecular weight excluding hydrogens is 328 g/mol. The Morgan fingerprint density at radius 3 is 2.38 bits per heavy atom. The Labute approximate surface area is 156 Å². The number of hydrazine groups is 1. The topological polar surface area (TPSA) is 59.6 Å². The molecule has 0 bridgehead atoms. The molecule has 3 rings (SSSR count). The highest BCUT2D eigenvalue weighted by molar-refractivity contribution is 5.83. The highest BCUT2D eigenvalue weighted by Crippen LogP contribution is 2.33. The monoisotopic (exact) mass is 358 g/mol. The molecular formula is C21H30N2O3. The molecule has 0 unspecified atom stereocenters. The standard InChI is InChI=1S/C21H30N2O3/c1-20(2)11-18(23-22-17-8-6-5-7-9-17)15(13-25-20)10-16-14-26-21(3,4)12-19(16)24/h5-9,16,22-23H,10-14H2,1-4H3/t16-/m0/s1. The number of nitrogens with one attached hydrogen (secondary N) is 2. The molecule has 0 radical (unpaired) electrons. The second-order valence-electron chi connectivity index (χ2n) is 8.54. The van der Waals surface area contributed by atoms with Crippen molar-refractivity contribution in [3.05, 3.63) is 41.6 Å². The lowest BCUT2D eigenvalue weighted by Gasteiger charge is -2.37. The molecule has 5 heteroatoms. The maximum atomic E-state index is 12.5. The van der Waals surface area contributed by atoms with E-state index in [0.29, 0.717) is 26.1 Å². The lowest BCUT2D eigenvalue weighted by molar-refractivity contribution is -0.144. The highest BCUT2D eigenvalue weighted by Gasteiger charge is 2.36. The number of hydrogen-bond donors (Lipinski definition) is 2. The van der Waals surface area contributed by atoms with Crippen molar-refractivity contribution in [3.63, 3.8) is 0 Å². The lowest BCUT2D eigenvalue weighted by atomic mass is 9.84. The predicted molar refractivity (Wildman–Crippen MR) is 103 cm³/mol. The highest BCUT2D eigenvalue weighted by atomic mass is 16.5. The zero-order chi connectivity index (χ0) is 18.8. The largest absolute Gasteiger partial charge is 0.374 e. The van der Waals surface area contributed by atoms with E-state index in [1.807, 2.05) is 44.2 Å². The number of anilines is 1. The van der Waals surface area contributed by atoms with Crippen LogP contribution in [-0.2, 0) is 14.3 Å². The van der Waals surface area contributed by atoms with E-state index in [0.717, 1.165) is 23.4 Å². The summed E-state index contributed by atoms with van der Waals surface area (Å²) in [5, 5.41) is 0. The lowest BCUT2D eigenvalue weighted by Crippen LogP contribution is -2.42. The van der Waals surface area contributed by atoms with Crippen LogP contribution in [0.2, 0.25) is 0 Å². The molecule has 1 aromatic carbocycles. The van der Waals surface area contributed by atoms with Crippen molar-refractivity contribution in [1.82, 2.24) is 5.43 Å². The number of para-hydroxylation sites is 1. The summed E-state index contributed by atoms with van der Waals surface area (Å²) in [6.45, 7) is 9.15. The van der Waals surface area contributed by atoms with Crippen LogP contribution in [0.3, 0.4) is 0 Å². The average molecular weight is 358 g/mol. The third-order valence-electron chi connectivity index (χ3n) is 5.02. The first-order valence-electron chi connectivity index (χ1n) is 9.33. The summed E-state index contributed by atoms with van der Waals surface area (Å²) in [6, 6.07) is 10.0. The van der Waals surface area contributed by atoms with E-state index >= 15 is 0 Å². The van der Waals surface area contributed by atoms with Gasteiger partial charge in [0.2, 0.25) is 0 Å². The van der Waals surface area contributed by atoms with Crippen LogP contribution in [-0.4, -0.2) is 30.2 Å². The van der Waals surface area contributed by atoms with Gasteiger partial charge < -0.3 is 20.3 Å². The number of ketones is 1. The molecule has 142 valence electrons. The van der Waals surface area contributed by atoms with Crippen molar-refractivity contribution >= 4 is 11.5 Å². The Morgan fingerprint density at radius 2 is 1.69 bits per heavy atom. The summed E-state index contributed by atoms with van der Waals surface area (Å²) >= 11 is 0. The van der Waals surface area contributed by atoms with E-state index in [-0.39, 0.29) is 22.9 Å². The van der Waals surface area contributed by atoms with Crippen LogP contribution in [0.25, 0.3) is 0 Å². The van der Waals surface area contributed by atoms with Crippen LogP contribution >= 0.6 is 0 Å². The van der Waals surface area contributed by atoms with Crippen LogP contribution in [0, 0.1) is 5.92 Å². The summed E-state index contributed by atoms with van der Waals surface area (Å²) in [5.74, 6) is 0.199. The number of hydrogen-bond acceptors (Lipinski definition) is 5. The Bertz CT molecular complexity index is 680. The van der Waals surface area contributed by atoms with Gasteiger partial charge in [0.15, 0.2) is 0 Å². The Kier molecular flexibility index (Phi) is 5.39. The molecule has 0 amide bonds. The van der Waals surface area contributed by atoms with Gasteiger partial charge in [-0.15, -0.1) is 0 Å². The Morgan fingerprint density at radius 1 is 1.00 bits per heavy atom. The van der Waals surface area contributed by atoms with Gasteiger partial charge in [0.25, 0.3) is 0 Å². The van der Waals surface area contributed by atoms with E-state index in [2.05, 4.69) is 24.7 Å². The van der Waals surface area contributed by atoms with Gasteiger partial charge in [-0.1, -0.05) is 18.2 Å². The summed E-state index contributed by atoms with van der Waals surface area (Å²) in [5.41, 5.74) is 9.32. The molecule has 0 aromatic heterocycles. The molecule has 2 aliphatic rings. The Hall–Kier alpha value is -1.85. The van der Waals surface area contributed by atoms with Crippen molar-refractivity contribution < 1.29 is 14.3 Å². The maximum absolute atomic E-state index is 12.5. The molecule has 1 fully saturated rings. The molecule has 0 aliphatic carbocycles. The number of benzene rings is 1. The predicted octanol–water partition coefficient (Wildman–Crippen LogP) is 3.83. The van der Waals surface area contributed by atoms with Crippen molar-refractivity contribution in [2.45, 2.75) is 58.2 Å². The van der Waals surface area contributed by atoms with Crippen LogP contribution in [0.15, 0.2) is 41.6 Å². The van der Waals surface area contributed by atoms with Gasteiger partial charge in [-0.2, -0.15) is 0 Å². The van der Waals surface area contributed by atoms with E-state index in [1.165, 1.54) is 0 Å². The van der Waals surface area contributed by atoms with Crippen molar-refractivity contribution in [2.75, 3.05) is 18.6 Å². The van der Waals surface area contributed by atoms with Gasteiger partial charge in [0, 0.05) is 24.5 Å². The van der Waals surface area contributed by atoms with Gasteiger partial charge in [-0.25, -0.2) is 0 Å². The van der Waals surface area contributed by atoms with Gasteiger partial charge in [0.05, 0.1) is 30.1 Å². The second kappa shape index (κ2) is 7.41. The maximum Gasteiger partial charge on any atom is 0.141 e. The van der Waals surface area contributed by atoms with Gasteiger partial charge >= 0.3 is 0 Å². The number of Topliss-reactive ketones (excluding diaryl/α,β-unsaturated/α-hetero) is 1. The smallest absolute Gasteiger partial charge is 0.141 e. The van der Waals surface area contributed by atoms with E-state index in [9.17, 15) is 4.79 Å². The minimum Gasteiger partial charge on any atom is -0.374 e. The fourth-order valence-corrected chi connectivity index (χ4v) is 3.46. The fourth-order valence-electron chi connectivity index (χ4n) is 3.46. The van der Waals surface area contributed by atoms with Gasteiger partial charge in [-0.05, 0) is 51.8 Å². The molecule has 0 spiro atoms.